The van der Waals surface area contributed by atoms with Crippen molar-refractivity contribution in [3.63, 3.8) is 0 Å². The Labute approximate surface area is 106 Å². The normalized spacial score (nSPS) is 12.7. The van der Waals surface area contributed by atoms with Gasteiger partial charge < -0.3 is 14.8 Å². The Morgan fingerprint density at radius 3 is 2.56 bits per heavy atom. The summed E-state index contributed by atoms with van der Waals surface area (Å²) in [7, 11) is 1.57. The number of halogens is 2. The molecule has 3 nitrogen and oxygen atoms in total. The van der Waals surface area contributed by atoms with Crippen molar-refractivity contribution in [1.82, 2.24) is 5.32 Å². The Balaban J connectivity index is 2.84. The summed E-state index contributed by atoms with van der Waals surface area (Å²) in [5, 5.41) is 2.77. The van der Waals surface area contributed by atoms with Crippen LogP contribution in [0.25, 0.3) is 0 Å². The van der Waals surface area contributed by atoms with Crippen LogP contribution in [-0.2, 0) is 4.74 Å². The van der Waals surface area contributed by atoms with Crippen molar-refractivity contribution in [3.8, 4) is 5.75 Å². The molecule has 0 aromatic heterocycles. The number of methoxy groups -OCH3 is 1. The lowest BCUT2D eigenvalue weighted by Crippen LogP contribution is -2.27. The summed E-state index contributed by atoms with van der Waals surface area (Å²) >= 11 is 0. The zero-order valence-corrected chi connectivity index (χ0v) is 10.7. The van der Waals surface area contributed by atoms with E-state index in [2.05, 4.69) is 5.32 Å². The zero-order chi connectivity index (χ0) is 13.4. The molecule has 1 unspecified atom stereocenters. The van der Waals surface area contributed by atoms with Crippen LogP contribution in [0.5, 0.6) is 5.75 Å². The summed E-state index contributed by atoms with van der Waals surface area (Å²) in [6.45, 7) is 3.04. The fraction of sp³-hybridized carbons (Fsp3) is 0.538. The molecule has 1 rings (SSSR count). The molecule has 0 bridgehead atoms. The van der Waals surface area contributed by atoms with E-state index in [1.165, 1.54) is 0 Å². The summed E-state index contributed by atoms with van der Waals surface area (Å²) in [4.78, 5) is 0. The molecule has 0 aliphatic rings. The molecule has 1 aromatic rings. The highest BCUT2D eigenvalue weighted by atomic mass is 19.3. The average molecular weight is 259 g/mol. The molecule has 18 heavy (non-hydrogen) atoms. The molecule has 0 fully saturated rings. The van der Waals surface area contributed by atoms with Gasteiger partial charge in [0.05, 0.1) is 12.6 Å². The van der Waals surface area contributed by atoms with Crippen molar-refractivity contribution in [2.24, 2.45) is 0 Å². The van der Waals surface area contributed by atoms with Crippen molar-refractivity contribution in [2.75, 3.05) is 26.9 Å². The maximum absolute atomic E-state index is 13.0. The second kappa shape index (κ2) is 8.00. The first kappa shape index (κ1) is 14.9. The Kier molecular flexibility index (Phi) is 6.60. The number of rotatable bonds is 8. The van der Waals surface area contributed by atoms with Crippen molar-refractivity contribution in [1.29, 1.82) is 0 Å². The van der Waals surface area contributed by atoms with E-state index in [-0.39, 0.29) is 0 Å². The minimum Gasteiger partial charge on any atom is -0.491 e. The second-order valence-corrected chi connectivity index (χ2v) is 3.75. The third-order valence-corrected chi connectivity index (χ3v) is 2.48. The lowest BCUT2D eigenvalue weighted by Gasteiger charge is -2.20. The van der Waals surface area contributed by atoms with Gasteiger partial charge in [-0.2, -0.15) is 0 Å². The minimum atomic E-state index is -2.47. The Morgan fingerprint density at radius 1 is 1.22 bits per heavy atom. The van der Waals surface area contributed by atoms with Crippen molar-refractivity contribution < 1.29 is 18.3 Å². The van der Waals surface area contributed by atoms with Crippen LogP contribution in [0.4, 0.5) is 8.78 Å². The van der Waals surface area contributed by atoms with Gasteiger partial charge in [-0.25, -0.2) is 8.78 Å². The van der Waals surface area contributed by atoms with E-state index in [1.807, 2.05) is 0 Å². The van der Waals surface area contributed by atoms with Gasteiger partial charge in [-0.15, -0.1) is 0 Å². The molecule has 1 N–H and O–H groups in total. The van der Waals surface area contributed by atoms with E-state index in [9.17, 15) is 8.78 Å². The first-order valence-corrected chi connectivity index (χ1v) is 5.92. The Morgan fingerprint density at radius 2 is 1.94 bits per heavy atom. The van der Waals surface area contributed by atoms with Crippen LogP contribution in [0.1, 0.15) is 18.5 Å². The smallest absolute Gasteiger partial charge is 0.257 e. The molecule has 0 saturated carbocycles. The van der Waals surface area contributed by atoms with Gasteiger partial charge >= 0.3 is 0 Å². The van der Waals surface area contributed by atoms with E-state index in [4.69, 9.17) is 9.47 Å². The molecule has 5 heteroatoms. The first-order chi connectivity index (χ1) is 8.70. The molecule has 0 aliphatic heterocycles. The number of nitrogens with one attached hydrogen (secondary N) is 1. The van der Waals surface area contributed by atoms with E-state index >= 15 is 0 Å². The van der Waals surface area contributed by atoms with Crippen LogP contribution >= 0.6 is 0 Å². The molecule has 0 spiro atoms. The number of para-hydroxylation sites is 1. The first-order valence-electron chi connectivity index (χ1n) is 5.92. The van der Waals surface area contributed by atoms with Gasteiger partial charge in [0, 0.05) is 12.7 Å². The van der Waals surface area contributed by atoms with Gasteiger partial charge in [-0.1, -0.05) is 25.1 Å². The van der Waals surface area contributed by atoms with Gasteiger partial charge in [-0.3, -0.25) is 0 Å². The average Bonchev–Trinajstić information content (AvgIpc) is 2.37. The molecule has 0 aliphatic carbocycles. The highest BCUT2D eigenvalue weighted by Crippen LogP contribution is 2.29. The second-order valence-electron chi connectivity index (χ2n) is 3.75. The molecule has 0 amide bonds. The van der Waals surface area contributed by atoms with Crippen LogP contribution in [0.3, 0.4) is 0 Å². The monoisotopic (exact) mass is 259 g/mol. The Bertz CT molecular complexity index is 348. The quantitative estimate of drug-likeness (QED) is 0.728. The summed E-state index contributed by atoms with van der Waals surface area (Å²) < 4.78 is 36.3. The fourth-order valence-electron chi connectivity index (χ4n) is 1.66. The number of hydrogen-bond donors (Lipinski definition) is 1. The fourth-order valence-corrected chi connectivity index (χ4v) is 1.66. The molecule has 1 aromatic carbocycles. The van der Waals surface area contributed by atoms with Crippen molar-refractivity contribution in [2.45, 2.75) is 19.4 Å². The predicted octanol–water partition coefficient (Wildman–Crippen LogP) is 2.63. The van der Waals surface area contributed by atoms with E-state index in [0.29, 0.717) is 31.1 Å². The molecule has 0 saturated heterocycles. The van der Waals surface area contributed by atoms with Crippen LogP contribution in [-0.4, -0.2) is 33.3 Å². The van der Waals surface area contributed by atoms with Gasteiger partial charge in [-0.05, 0) is 12.6 Å². The third-order valence-electron chi connectivity index (χ3n) is 2.48. The molecule has 1 atom stereocenters. The topological polar surface area (TPSA) is 30.5 Å². The molecule has 0 heterocycles. The lowest BCUT2D eigenvalue weighted by molar-refractivity contribution is 0.0960. The van der Waals surface area contributed by atoms with Crippen LogP contribution < -0.4 is 10.1 Å². The highest BCUT2D eigenvalue weighted by molar-refractivity contribution is 5.36. The van der Waals surface area contributed by atoms with Gasteiger partial charge in [0.25, 0.3) is 6.43 Å². The summed E-state index contributed by atoms with van der Waals surface area (Å²) in [5.74, 6) is 0.473. The molecule has 0 radical (unpaired) electrons. The number of alkyl halides is 2. The largest absolute Gasteiger partial charge is 0.491 e. The predicted molar refractivity (Wildman–Crippen MR) is 66.2 cm³/mol. The standard InChI is InChI=1S/C13H19F2NO2/c1-3-16-12(13(14)15)10-6-4-5-7-11(10)18-9-8-17-2/h4-7,12-13,16H,3,8-9H2,1-2H3. The maximum Gasteiger partial charge on any atom is 0.257 e. The number of benzene rings is 1. The van der Waals surface area contributed by atoms with Crippen LogP contribution in [0, 0.1) is 0 Å². The van der Waals surface area contributed by atoms with Crippen LogP contribution in [0.2, 0.25) is 0 Å². The number of hydrogen-bond acceptors (Lipinski definition) is 3. The SMILES string of the molecule is CCNC(c1ccccc1OCCOC)C(F)F. The van der Waals surface area contributed by atoms with Crippen molar-refractivity contribution in [3.05, 3.63) is 29.8 Å². The maximum atomic E-state index is 13.0. The minimum absolute atomic E-state index is 0.343. The van der Waals surface area contributed by atoms with Crippen molar-refractivity contribution >= 4 is 0 Å². The lowest BCUT2D eigenvalue weighted by atomic mass is 10.1. The van der Waals surface area contributed by atoms with E-state index in [0.717, 1.165) is 0 Å². The van der Waals surface area contributed by atoms with Gasteiger partial charge in [0.15, 0.2) is 0 Å². The van der Waals surface area contributed by atoms with Crippen LogP contribution in [0.15, 0.2) is 24.3 Å². The van der Waals surface area contributed by atoms with Gasteiger partial charge in [0.2, 0.25) is 0 Å². The highest BCUT2D eigenvalue weighted by Gasteiger charge is 2.24. The summed E-state index contributed by atoms with van der Waals surface area (Å²) in [6.07, 6.45) is -2.47. The number of ether oxygens (including phenoxy) is 2. The third kappa shape index (κ3) is 4.23. The zero-order valence-electron chi connectivity index (χ0n) is 10.7. The summed E-state index contributed by atoms with van der Waals surface area (Å²) in [5.41, 5.74) is 0.477. The molecule has 102 valence electrons. The van der Waals surface area contributed by atoms with Gasteiger partial charge in [0.1, 0.15) is 12.4 Å². The molecular formula is C13H19F2NO2. The van der Waals surface area contributed by atoms with E-state index in [1.54, 1.807) is 38.3 Å². The summed E-state index contributed by atoms with van der Waals surface area (Å²) in [6, 6.07) is 5.83. The Hall–Kier alpha value is -1.20. The van der Waals surface area contributed by atoms with E-state index < -0.39 is 12.5 Å². The molecular weight excluding hydrogens is 240 g/mol.